The number of hydrogen-bond donors (Lipinski definition) is 2. The van der Waals surface area contributed by atoms with Gasteiger partial charge in [0.2, 0.25) is 5.91 Å². The van der Waals surface area contributed by atoms with Gasteiger partial charge in [0.15, 0.2) is 0 Å². The molecule has 0 spiro atoms. The molecule has 2 N–H and O–H groups in total. The molecule has 1 amide bonds. The fourth-order valence-electron chi connectivity index (χ4n) is 3.25. The Morgan fingerprint density at radius 2 is 1.77 bits per heavy atom. The van der Waals surface area contributed by atoms with E-state index in [1.165, 1.54) is 0 Å². The molecule has 1 saturated heterocycles. The smallest absolute Gasteiger partial charge is 0.310 e. The molecule has 2 aliphatic heterocycles. The zero-order chi connectivity index (χ0) is 15.9. The zero-order valence-corrected chi connectivity index (χ0v) is 12.5. The molecule has 0 radical (unpaired) electrons. The minimum atomic E-state index is -0.992. The number of fused-ring (bicyclic) bond motifs is 2. The van der Waals surface area contributed by atoms with Crippen molar-refractivity contribution in [3.63, 3.8) is 0 Å². The SMILES string of the molecule is CC(C)c1ccccc1NC(=O)[C@@H]1[C@@H](C(=O)O)[C@@H]2C=C[C@H]1O2. The first-order chi connectivity index (χ1) is 10.5. The molecule has 4 atom stereocenters. The Hall–Kier alpha value is -2.14. The van der Waals surface area contributed by atoms with E-state index >= 15 is 0 Å². The van der Waals surface area contributed by atoms with Crippen molar-refractivity contribution in [1.82, 2.24) is 0 Å². The highest BCUT2D eigenvalue weighted by Gasteiger charge is 2.53. The molecule has 0 saturated carbocycles. The van der Waals surface area contributed by atoms with Gasteiger partial charge in [0.25, 0.3) is 0 Å². The number of carbonyl (C=O) groups excluding carboxylic acids is 1. The summed E-state index contributed by atoms with van der Waals surface area (Å²) in [4.78, 5) is 24.0. The van der Waals surface area contributed by atoms with E-state index in [2.05, 4.69) is 19.2 Å². The fraction of sp³-hybridized carbons (Fsp3) is 0.412. The molecule has 0 unspecified atom stereocenters. The number of carboxylic acids is 1. The van der Waals surface area contributed by atoms with Crippen LogP contribution >= 0.6 is 0 Å². The maximum Gasteiger partial charge on any atom is 0.310 e. The van der Waals surface area contributed by atoms with Crippen molar-refractivity contribution in [3.05, 3.63) is 42.0 Å². The van der Waals surface area contributed by atoms with Crippen LogP contribution in [0, 0.1) is 11.8 Å². The molecule has 22 heavy (non-hydrogen) atoms. The third-order valence-electron chi connectivity index (χ3n) is 4.33. The Kier molecular flexibility index (Phi) is 3.74. The Labute approximate surface area is 129 Å². The first kappa shape index (κ1) is 14.8. The van der Waals surface area contributed by atoms with Crippen LogP contribution in [-0.2, 0) is 14.3 Å². The molecule has 5 nitrogen and oxygen atoms in total. The van der Waals surface area contributed by atoms with Gasteiger partial charge in [-0.1, -0.05) is 44.2 Å². The third kappa shape index (κ3) is 2.41. The van der Waals surface area contributed by atoms with E-state index in [1.807, 2.05) is 24.3 Å². The second-order valence-corrected chi connectivity index (χ2v) is 6.07. The van der Waals surface area contributed by atoms with Crippen LogP contribution in [0.15, 0.2) is 36.4 Å². The summed E-state index contributed by atoms with van der Waals surface area (Å²) in [5, 5.41) is 12.3. The summed E-state index contributed by atoms with van der Waals surface area (Å²) in [6.45, 7) is 4.10. The van der Waals surface area contributed by atoms with Crippen LogP contribution in [0.4, 0.5) is 5.69 Å². The Balaban J connectivity index is 1.83. The molecular weight excluding hydrogens is 282 g/mol. The summed E-state index contributed by atoms with van der Waals surface area (Å²) in [7, 11) is 0. The molecule has 1 aromatic carbocycles. The van der Waals surface area contributed by atoms with Gasteiger partial charge in [0, 0.05) is 5.69 Å². The standard InChI is InChI=1S/C17H19NO4/c1-9(2)10-5-3-4-6-11(10)18-16(19)14-12-7-8-13(22-12)15(14)17(20)21/h3-9,12-15H,1-2H3,(H,18,19)(H,20,21)/t12-,13+,14+,15+/m1/s1. The first-order valence-electron chi connectivity index (χ1n) is 7.45. The summed E-state index contributed by atoms with van der Waals surface area (Å²) < 4.78 is 5.54. The zero-order valence-electron chi connectivity index (χ0n) is 12.5. The van der Waals surface area contributed by atoms with E-state index in [0.717, 1.165) is 11.3 Å². The van der Waals surface area contributed by atoms with Crippen molar-refractivity contribution in [2.75, 3.05) is 5.32 Å². The molecule has 2 bridgehead atoms. The third-order valence-corrected chi connectivity index (χ3v) is 4.33. The number of aliphatic carboxylic acids is 1. The van der Waals surface area contributed by atoms with Crippen LogP contribution in [0.1, 0.15) is 25.3 Å². The van der Waals surface area contributed by atoms with Crippen molar-refractivity contribution in [2.24, 2.45) is 11.8 Å². The van der Waals surface area contributed by atoms with Crippen LogP contribution < -0.4 is 5.32 Å². The molecule has 116 valence electrons. The fourth-order valence-corrected chi connectivity index (χ4v) is 3.25. The van der Waals surface area contributed by atoms with E-state index in [9.17, 15) is 14.7 Å². The molecule has 5 heteroatoms. The van der Waals surface area contributed by atoms with Crippen molar-refractivity contribution in [3.8, 4) is 0 Å². The number of carboxylic acid groups (broad SMARTS) is 1. The number of nitrogens with one attached hydrogen (secondary N) is 1. The van der Waals surface area contributed by atoms with Gasteiger partial charge in [-0.25, -0.2) is 0 Å². The summed E-state index contributed by atoms with van der Waals surface area (Å²) >= 11 is 0. The number of para-hydroxylation sites is 1. The lowest BCUT2D eigenvalue weighted by molar-refractivity contribution is -0.145. The molecule has 0 aliphatic carbocycles. The van der Waals surface area contributed by atoms with E-state index in [4.69, 9.17) is 4.74 Å². The van der Waals surface area contributed by atoms with Crippen LogP contribution in [-0.4, -0.2) is 29.2 Å². The van der Waals surface area contributed by atoms with E-state index in [-0.39, 0.29) is 11.8 Å². The topological polar surface area (TPSA) is 75.6 Å². The quantitative estimate of drug-likeness (QED) is 0.837. The predicted octanol–water partition coefficient (Wildman–Crippen LogP) is 2.40. The summed E-state index contributed by atoms with van der Waals surface area (Å²) in [6.07, 6.45) is 2.56. The highest BCUT2D eigenvalue weighted by Crippen LogP contribution is 2.40. The average molecular weight is 301 g/mol. The van der Waals surface area contributed by atoms with Crippen LogP contribution in [0.5, 0.6) is 0 Å². The molecular formula is C17H19NO4. The first-order valence-corrected chi connectivity index (χ1v) is 7.45. The number of ether oxygens (including phenoxy) is 1. The van der Waals surface area contributed by atoms with Gasteiger partial charge in [0.1, 0.15) is 5.92 Å². The van der Waals surface area contributed by atoms with Crippen molar-refractivity contribution >= 4 is 17.6 Å². The monoisotopic (exact) mass is 301 g/mol. The van der Waals surface area contributed by atoms with Gasteiger partial charge < -0.3 is 15.2 Å². The molecule has 2 heterocycles. The second kappa shape index (κ2) is 5.57. The number of hydrogen-bond acceptors (Lipinski definition) is 3. The Morgan fingerprint density at radius 3 is 2.41 bits per heavy atom. The van der Waals surface area contributed by atoms with Crippen LogP contribution in [0.2, 0.25) is 0 Å². The highest BCUT2D eigenvalue weighted by molar-refractivity contribution is 5.97. The van der Waals surface area contributed by atoms with Gasteiger partial charge in [-0.3, -0.25) is 9.59 Å². The van der Waals surface area contributed by atoms with Gasteiger partial charge >= 0.3 is 5.97 Å². The largest absolute Gasteiger partial charge is 0.481 e. The predicted molar refractivity (Wildman–Crippen MR) is 81.6 cm³/mol. The Bertz CT molecular complexity index is 637. The number of rotatable bonds is 4. The molecule has 1 fully saturated rings. The van der Waals surface area contributed by atoms with E-state index in [1.54, 1.807) is 12.2 Å². The minimum absolute atomic E-state index is 0.267. The molecule has 0 aromatic heterocycles. The van der Waals surface area contributed by atoms with Gasteiger partial charge in [-0.15, -0.1) is 0 Å². The summed E-state index contributed by atoms with van der Waals surface area (Å²) in [6, 6.07) is 7.58. The molecule has 1 aromatic rings. The Morgan fingerprint density at radius 1 is 1.14 bits per heavy atom. The van der Waals surface area contributed by atoms with Crippen molar-refractivity contribution < 1.29 is 19.4 Å². The molecule has 2 aliphatic rings. The average Bonchev–Trinajstić information content (AvgIpc) is 3.08. The maximum atomic E-state index is 12.6. The lowest BCUT2D eigenvalue weighted by Crippen LogP contribution is -2.39. The number of benzene rings is 1. The van der Waals surface area contributed by atoms with E-state index in [0.29, 0.717) is 0 Å². The lowest BCUT2D eigenvalue weighted by Gasteiger charge is -2.22. The number of amides is 1. The lowest BCUT2D eigenvalue weighted by atomic mass is 9.82. The summed E-state index contributed by atoms with van der Waals surface area (Å²) in [5.41, 5.74) is 1.76. The van der Waals surface area contributed by atoms with Gasteiger partial charge in [0.05, 0.1) is 18.1 Å². The van der Waals surface area contributed by atoms with Crippen molar-refractivity contribution in [2.45, 2.75) is 32.0 Å². The van der Waals surface area contributed by atoms with Crippen molar-refractivity contribution in [1.29, 1.82) is 0 Å². The van der Waals surface area contributed by atoms with Crippen LogP contribution in [0.3, 0.4) is 0 Å². The molecule has 3 rings (SSSR count). The summed E-state index contributed by atoms with van der Waals surface area (Å²) in [5.74, 6) is -2.52. The van der Waals surface area contributed by atoms with Gasteiger partial charge in [-0.05, 0) is 17.5 Å². The maximum absolute atomic E-state index is 12.6. The van der Waals surface area contributed by atoms with Crippen LogP contribution in [0.25, 0.3) is 0 Å². The normalized spacial score (nSPS) is 29.0. The van der Waals surface area contributed by atoms with Gasteiger partial charge in [-0.2, -0.15) is 0 Å². The second-order valence-electron chi connectivity index (χ2n) is 6.07. The number of anilines is 1. The number of carbonyl (C=O) groups is 2. The highest BCUT2D eigenvalue weighted by atomic mass is 16.5. The van der Waals surface area contributed by atoms with E-state index < -0.39 is 30.0 Å². The minimum Gasteiger partial charge on any atom is -0.481 e.